The third kappa shape index (κ3) is 2.94. The van der Waals surface area contributed by atoms with Crippen LogP contribution in [0, 0.1) is 0 Å². The lowest BCUT2D eigenvalue weighted by atomic mass is 10.2. The molecule has 2 rings (SSSR count). The first-order valence-electron chi connectivity index (χ1n) is 5.65. The topological polar surface area (TPSA) is 29.5 Å². The Hall–Kier alpha value is -1.04. The molecule has 0 saturated carbocycles. The van der Waals surface area contributed by atoms with Gasteiger partial charge in [-0.15, -0.1) is 0 Å². The number of hydrogen-bond acceptors (Lipinski definition) is 4. The highest BCUT2D eigenvalue weighted by molar-refractivity contribution is 8.26. The van der Waals surface area contributed by atoms with Gasteiger partial charge in [0.05, 0.1) is 12.0 Å². The van der Waals surface area contributed by atoms with E-state index < -0.39 is 0 Å². The van der Waals surface area contributed by atoms with Crippen molar-refractivity contribution in [3.05, 3.63) is 33.7 Å². The van der Waals surface area contributed by atoms with Crippen LogP contribution in [-0.2, 0) is 4.79 Å². The number of nitrogens with zero attached hydrogens (tertiary/aromatic N) is 1. The molecule has 1 aromatic rings. The molecule has 1 aromatic carbocycles. The first-order valence-corrected chi connectivity index (χ1v) is 7.26. The second-order valence-corrected chi connectivity index (χ2v) is 5.92. The van der Waals surface area contributed by atoms with E-state index >= 15 is 0 Å². The quantitative estimate of drug-likeness (QED) is 0.630. The monoisotopic (exact) mass is 313 g/mol. The van der Waals surface area contributed by atoms with Crippen molar-refractivity contribution in [2.45, 2.75) is 6.92 Å². The van der Waals surface area contributed by atoms with Gasteiger partial charge < -0.3 is 4.74 Å². The molecule has 0 N–H and O–H groups in total. The zero-order chi connectivity index (χ0) is 14.0. The lowest BCUT2D eigenvalue weighted by molar-refractivity contribution is -0.121. The fraction of sp³-hybridized carbons (Fsp3) is 0.231. The molecule has 0 aromatic heterocycles. The van der Waals surface area contributed by atoms with Crippen molar-refractivity contribution in [2.75, 3.05) is 13.7 Å². The number of likely N-dealkylation sites (N-methyl/N-ethyl adjacent to an activating group) is 1. The van der Waals surface area contributed by atoms with Crippen molar-refractivity contribution in [1.82, 2.24) is 4.90 Å². The molecule has 0 unspecified atom stereocenters. The summed E-state index contributed by atoms with van der Waals surface area (Å²) in [5.74, 6) is 0.602. The van der Waals surface area contributed by atoms with Crippen molar-refractivity contribution in [3.63, 3.8) is 0 Å². The van der Waals surface area contributed by atoms with Crippen molar-refractivity contribution in [1.29, 1.82) is 0 Å². The molecule has 1 fully saturated rings. The standard InChI is InChI=1S/C13H12ClNO2S2/c1-3-15-12(16)11(19-13(15)18)7-8-6-9(14)4-5-10(8)17-2/h4-7H,3H2,1-2H3/b11-7-. The normalized spacial score (nSPS) is 17.4. The van der Waals surface area contributed by atoms with Gasteiger partial charge in [0, 0.05) is 17.1 Å². The van der Waals surface area contributed by atoms with Crippen molar-refractivity contribution < 1.29 is 9.53 Å². The highest BCUT2D eigenvalue weighted by Gasteiger charge is 2.30. The average molecular weight is 314 g/mol. The van der Waals surface area contributed by atoms with Crippen molar-refractivity contribution in [2.24, 2.45) is 0 Å². The lowest BCUT2D eigenvalue weighted by Crippen LogP contribution is -2.27. The molecular weight excluding hydrogens is 302 g/mol. The number of benzene rings is 1. The number of rotatable bonds is 3. The number of halogens is 1. The second-order valence-electron chi connectivity index (χ2n) is 3.81. The largest absolute Gasteiger partial charge is 0.496 e. The van der Waals surface area contributed by atoms with Gasteiger partial charge in [0.25, 0.3) is 5.91 Å². The average Bonchev–Trinajstić information content (AvgIpc) is 2.64. The van der Waals surface area contributed by atoms with Crippen LogP contribution in [0.25, 0.3) is 6.08 Å². The third-order valence-corrected chi connectivity index (χ3v) is 4.28. The van der Waals surface area contributed by atoms with E-state index in [0.29, 0.717) is 26.5 Å². The van der Waals surface area contributed by atoms with Crippen molar-refractivity contribution in [3.8, 4) is 5.75 Å². The smallest absolute Gasteiger partial charge is 0.266 e. The van der Waals surface area contributed by atoms with Gasteiger partial charge in [-0.05, 0) is 31.2 Å². The van der Waals surface area contributed by atoms with E-state index in [-0.39, 0.29) is 5.91 Å². The zero-order valence-corrected chi connectivity index (χ0v) is 12.9. The highest BCUT2D eigenvalue weighted by atomic mass is 35.5. The number of carbonyl (C=O) groups is 1. The minimum atomic E-state index is -0.0699. The fourth-order valence-corrected chi connectivity index (χ4v) is 3.29. The first kappa shape index (κ1) is 14.4. The van der Waals surface area contributed by atoms with Crippen LogP contribution in [0.15, 0.2) is 23.1 Å². The van der Waals surface area contributed by atoms with Gasteiger partial charge in [-0.25, -0.2) is 0 Å². The first-order chi connectivity index (χ1) is 9.06. The Morgan fingerprint density at radius 1 is 1.53 bits per heavy atom. The predicted octanol–water partition coefficient (Wildman–Crippen LogP) is 3.57. The third-order valence-electron chi connectivity index (χ3n) is 2.67. The summed E-state index contributed by atoms with van der Waals surface area (Å²) in [5, 5.41) is 0.595. The van der Waals surface area contributed by atoms with Gasteiger partial charge >= 0.3 is 0 Å². The van der Waals surface area contributed by atoms with Gasteiger partial charge in [0.2, 0.25) is 0 Å². The van der Waals surface area contributed by atoms with Gasteiger partial charge in [0.1, 0.15) is 10.1 Å². The Bertz CT molecular complexity index is 572. The van der Waals surface area contributed by atoms with Crippen LogP contribution in [0.2, 0.25) is 5.02 Å². The highest BCUT2D eigenvalue weighted by Crippen LogP contribution is 2.34. The Morgan fingerprint density at radius 3 is 2.84 bits per heavy atom. The summed E-state index contributed by atoms with van der Waals surface area (Å²) in [5.41, 5.74) is 0.770. The molecule has 1 saturated heterocycles. The van der Waals surface area contributed by atoms with Gasteiger partial charge in [-0.1, -0.05) is 35.6 Å². The van der Waals surface area contributed by atoms with E-state index in [2.05, 4.69) is 0 Å². The molecule has 0 radical (unpaired) electrons. The van der Waals surface area contributed by atoms with E-state index in [1.165, 1.54) is 11.8 Å². The van der Waals surface area contributed by atoms with Gasteiger partial charge in [0.15, 0.2) is 0 Å². The Labute approximate surface area is 126 Å². The SMILES string of the molecule is CCN1C(=O)/C(=C/c2cc(Cl)ccc2OC)SC1=S. The molecule has 3 nitrogen and oxygen atoms in total. The van der Waals surface area contributed by atoms with Crippen molar-refractivity contribution >= 4 is 51.9 Å². The van der Waals surface area contributed by atoms with E-state index in [9.17, 15) is 4.79 Å². The predicted molar refractivity (Wildman–Crippen MR) is 83.6 cm³/mol. The Balaban J connectivity index is 2.40. The summed E-state index contributed by atoms with van der Waals surface area (Å²) >= 11 is 12.4. The lowest BCUT2D eigenvalue weighted by Gasteiger charge is -2.09. The second kappa shape index (κ2) is 5.94. The molecule has 6 heteroatoms. The molecule has 1 aliphatic heterocycles. The maximum Gasteiger partial charge on any atom is 0.266 e. The minimum Gasteiger partial charge on any atom is -0.496 e. The number of methoxy groups -OCH3 is 1. The fourth-order valence-electron chi connectivity index (χ4n) is 1.73. The maximum absolute atomic E-state index is 12.1. The number of hydrogen-bond donors (Lipinski definition) is 0. The molecule has 0 atom stereocenters. The zero-order valence-electron chi connectivity index (χ0n) is 10.5. The van der Waals surface area contributed by atoms with Crippen LogP contribution < -0.4 is 4.74 Å². The summed E-state index contributed by atoms with van der Waals surface area (Å²) in [4.78, 5) is 14.3. The summed E-state index contributed by atoms with van der Waals surface area (Å²) < 4.78 is 5.84. The maximum atomic E-state index is 12.1. The van der Waals surface area contributed by atoms with Crippen LogP contribution in [0.5, 0.6) is 5.75 Å². The summed E-state index contributed by atoms with van der Waals surface area (Å²) in [6.45, 7) is 2.47. The Kier molecular flexibility index (Phi) is 4.50. The van der Waals surface area contributed by atoms with Crippen LogP contribution in [0.4, 0.5) is 0 Å². The number of thiocarbonyl (C=S) groups is 1. The molecule has 1 heterocycles. The van der Waals surface area contributed by atoms with Crippen LogP contribution in [-0.4, -0.2) is 28.8 Å². The molecule has 0 aliphatic carbocycles. The van der Waals surface area contributed by atoms with Gasteiger partial charge in [-0.3, -0.25) is 9.69 Å². The molecule has 0 bridgehead atoms. The van der Waals surface area contributed by atoms with Gasteiger partial charge in [-0.2, -0.15) is 0 Å². The molecule has 1 amide bonds. The number of carbonyl (C=O) groups excluding carboxylic acids is 1. The number of ether oxygens (including phenoxy) is 1. The van der Waals surface area contributed by atoms with Crippen LogP contribution in [0.1, 0.15) is 12.5 Å². The summed E-state index contributed by atoms with van der Waals surface area (Å²) in [6.07, 6.45) is 1.76. The molecular formula is C13H12ClNO2S2. The van der Waals surface area contributed by atoms with Crippen LogP contribution in [0.3, 0.4) is 0 Å². The van der Waals surface area contributed by atoms with E-state index in [0.717, 1.165) is 5.56 Å². The molecule has 19 heavy (non-hydrogen) atoms. The summed E-state index contributed by atoms with van der Waals surface area (Å²) in [7, 11) is 1.58. The molecule has 0 spiro atoms. The van der Waals surface area contributed by atoms with Crippen LogP contribution >= 0.6 is 35.6 Å². The molecule has 100 valence electrons. The molecule has 1 aliphatic rings. The van der Waals surface area contributed by atoms with E-state index in [4.69, 9.17) is 28.6 Å². The van der Waals surface area contributed by atoms with E-state index in [1.54, 1.807) is 36.3 Å². The minimum absolute atomic E-state index is 0.0699. The number of thioether (sulfide) groups is 1. The number of amides is 1. The summed E-state index contributed by atoms with van der Waals surface area (Å²) in [6, 6.07) is 5.28. The Morgan fingerprint density at radius 2 is 2.26 bits per heavy atom. The van der Waals surface area contributed by atoms with E-state index in [1.807, 2.05) is 6.92 Å².